The summed E-state index contributed by atoms with van der Waals surface area (Å²) in [6.45, 7) is 4.27. The van der Waals surface area contributed by atoms with Gasteiger partial charge in [-0.1, -0.05) is 24.9 Å². The Morgan fingerprint density at radius 2 is 2.28 bits per heavy atom. The van der Waals surface area contributed by atoms with Crippen molar-refractivity contribution in [2.24, 2.45) is 0 Å². The number of pyridine rings is 1. The number of aliphatic hydroxyl groups is 1. The van der Waals surface area contributed by atoms with E-state index in [4.69, 9.17) is 11.6 Å². The van der Waals surface area contributed by atoms with Crippen molar-refractivity contribution in [2.45, 2.75) is 32.3 Å². The largest absolute Gasteiger partial charge is 0.388 e. The van der Waals surface area contributed by atoms with Crippen LogP contribution in [0.3, 0.4) is 0 Å². The van der Waals surface area contributed by atoms with Crippen LogP contribution in [0.1, 0.15) is 26.7 Å². The van der Waals surface area contributed by atoms with Crippen LogP contribution in [0.2, 0.25) is 5.02 Å². The number of fused-ring (bicyclic) bond motifs is 1. The molecule has 0 spiro atoms. The molecule has 0 aliphatic carbocycles. The van der Waals surface area contributed by atoms with Crippen molar-refractivity contribution in [1.29, 1.82) is 0 Å². The van der Waals surface area contributed by atoms with Crippen molar-refractivity contribution in [3.63, 3.8) is 0 Å². The number of nitrogens with zero attached hydrogens (tertiary/aromatic N) is 3. The summed E-state index contributed by atoms with van der Waals surface area (Å²) < 4.78 is 1.61. The van der Waals surface area contributed by atoms with Crippen LogP contribution >= 0.6 is 11.6 Å². The highest BCUT2D eigenvalue weighted by atomic mass is 35.5. The van der Waals surface area contributed by atoms with Crippen LogP contribution in [0.15, 0.2) is 18.3 Å². The summed E-state index contributed by atoms with van der Waals surface area (Å²) in [5, 5.41) is 17.9. The summed E-state index contributed by atoms with van der Waals surface area (Å²) >= 11 is 5.87. The fourth-order valence-electron chi connectivity index (χ4n) is 1.83. The lowest BCUT2D eigenvalue weighted by atomic mass is 10.0. The van der Waals surface area contributed by atoms with Crippen LogP contribution in [0.5, 0.6) is 0 Å². The van der Waals surface area contributed by atoms with Gasteiger partial charge in [-0.2, -0.15) is 4.98 Å². The number of hydrogen-bond donors (Lipinski definition) is 2. The highest BCUT2D eigenvalue weighted by Gasteiger charge is 2.19. The van der Waals surface area contributed by atoms with E-state index in [1.807, 2.05) is 6.92 Å². The maximum atomic E-state index is 10.0. The summed E-state index contributed by atoms with van der Waals surface area (Å²) in [5.41, 5.74) is -0.0267. The highest BCUT2D eigenvalue weighted by molar-refractivity contribution is 6.30. The fourth-order valence-corrected chi connectivity index (χ4v) is 1.98. The molecule has 1 unspecified atom stereocenters. The van der Waals surface area contributed by atoms with Crippen LogP contribution in [0.4, 0.5) is 5.95 Å². The first-order valence-electron chi connectivity index (χ1n) is 5.98. The minimum absolute atomic E-state index is 0.422. The number of halogens is 1. The van der Waals surface area contributed by atoms with Crippen LogP contribution in [-0.2, 0) is 0 Å². The minimum Gasteiger partial charge on any atom is -0.388 e. The average molecular weight is 269 g/mol. The summed E-state index contributed by atoms with van der Waals surface area (Å²) in [5.74, 6) is 0.494. The van der Waals surface area contributed by atoms with Crippen LogP contribution in [0.25, 0.3) is 5.65 Å². The van der Waals surface area contributed by atoms with Crippen LogP contribution in [-0.4, -0.2) is 31.9 Å². The Bertz CT molecular complexity index is 538. The SMILES string of the molecule is CCCC(C)(O)CNc1nc2ccc(Cl)cn2n1. The first kappa shape index (κ1) is 13.1. The second kappa shape index (κ2) is 5.12. The lowest BCUT2D eigenvalue weighted by Crippen LogP contribution is -2.33. The van der Waals surface area contributed by atoms with Crippen molar-refractivity contribution in [2.75, 3.05) is 11.9 Å². The molecule has 0 saturated heterocycles. The molecule has 2 aromatic heterocycles. The molecule has 0 aliphatic rings. The number of hydrogen-bond acceptors (Lipinski definition) is 4. The minimum atomic E-state index is -0.746. The van der Waals surface area contributed by atoms with Gasteiger partial charge in [0.05, 0.1) is 10.6 Å². The Hall–Kier alpha value is -1.33. The summed E-state index contributed by atoms with van der Waals surface area (Å²) in [7, 11) is 0. The van der Waals surface area contributed by atoms with Gasteiger partial charge in [-0.25, -0.2) is 4.52 Å². The van der Waals surface area contributed by atoms with Crippen molar-refractivity contribution < 1.29 is 5.11 Å². The standard InChI is InChI=1S/C12H17ClN4O/c1-3-6-12(2,18)8-14-11-15-10-5-4-9(13)7-17(10)16-11/h4-5,7,18H,3,6,8H2,1-2H3,(H,14,16). The molecule has 0 radical (unpaired) electrons. The number of anilines is 1. The second-order valence-electron chi connectivity index (χ2n) is 4.69. The third-order valence-corrected chi connectivity index (χ3v) is 2.93. The Morgan fingerprint density at radius 3 is 3.00 bits per heavy atom. The topological polar surface area (TPSA) is 62.5 Å². The Labute approximate surface area is 111 Å². The number of nitrogens with one attached hydrogen (secondary N) is 1. The Morgan fingerprint density at radius 1 is 1.50 bits per heavy atom. The van der Waals surface area contributed by atoms with Gasteiger partial charge in [0.25, 0.3) is 0 Å². The molecule has 2 rings (SSSR count). The monoisotopic (exact) mass is 268 g/mol. The van der Waals surface area contributed by atoms with Gasteiger partial charge < -0.3 is 10.4 Å². The molecule has 2 aromatic rings. The zero-order chi connectivity index (χ0) is 13.2. The molecule has 0 amide bonds. The van der Waals surface area contributed by atoms with Crippen LogP contribution in [0, 0.1) is 0 Å². The number of aromatic nitrogens is 3. The molecule has 1 atom stereocenters. The quantitative estimate of drug-likeness (QED) is 0.874. The van der Waals surface area contributed by atoms with Gasteiger partial charge in [0, 0.05) is 12.7 Å². The molecule has 5 nitrogen and oxygen atoms in total. The molecule has 2 N–H and O–H groups in total. The zero-order valence-corrected chi connectivity index (χ0v) is 11.3. The number of rotatable bonds is 5. The molecular formula is C12H17ClN4O. The molecule has 18 heavy (non-hydrogen) atoms. The van der Waals surface area contributed by atoms with Gasteiger partial charge in [0.1, 0.15) is 0 Å². The first-order chi connectivity index (χ1) is 8.50. The molecule has 0 aliphatic heterocycles. The molecule has 0 aromatic carbocycles. The van der Waals surface area contributed by atoms with Gasteiger partial charge in [-0.3, -0.25) is 0 Å². The lowest BCUT2D eigenvalue weighted by Gasteiger charge is -2.22. The average Bonchev–Trinajstić information content (AvgIpc) is 2.68. The smallest absolute Gasteiger partial charge is 0.243 e. The lowest BCUT2D eigenvalue weighted by molar-refractivity contribution is 0.0635. The highest BCUT2D eigenvalue weighted by Crippen LogP contribution is 2.14. The maximum absolute atomic E-state index is 10.0. The molecule has 2 heterocycles. The molecular weight excluding hydrogens is 252 g/mol. The normalized spacial score (nSPS) is 14.7. The Balaban J connectivity index is 2.08. The van der Waals surface area contributed by atoms with E-state index in [-0.39, 0.29) is 0 Å². The van der Waals surface area contributed by atoms with Gasteiger partial charge in [0.15, 0.2) is 5.65 Å². The first-order valence-corrected chi connectivity index (χ1v) is 6.36. The second-order valence-corrected chi connectivity index (χ2v) is 5.12. The van der Waals surface area contributed by atoms with Gasteiger partial charge in [0.2, 0.25) is 5.95 Å². The molecule has 6 heteroatoms. The summed E-state index contributed by atoms with van der Waals surface area (Å²) in [6, 6.07) is 3.56. The van der Waals surface area contributed by atoms with E-state index in [9.17, 15) is 5.11 Å². The maximum Gasteiger partial charge on any atom is 0.243 e. The van der Waals surface area contributed by atoms with E-state index in [1.165, 1.54) is 0 Å². The molecule has 0 fully saturated rings. The Kier molecular flexibility index (Phi) is 3.73. The van der Waals surface area contributed by atoms with Crippen molar-refractivity contribution in [3.05, 3.63) is 23.4 Å². The van der Waals surface area contributed by atoms with Crippen molar-refractivity contribution >= 4 is 23.2 Å². The van der Waals surface area contributed by atoms with Gasteiger partial charge >= 0.3 is 0 Å². The van der Waals surface area contributed by atoms with Gasteiger partial charge in [-0.05, 0) is 25.5 Å². The van der Waals surface area contributed by atoms with Crippen LogP contribution < -0.4 is 5.32 Å². The van der Waals surface area contributed by atoms with Gasteiger partial charge in [-0.15, -0.1) is 5.10 Å². The fraction of sp³-hybridized carbons (Fsp3) is 0.500. The van der Waals surface area contributed by atoms with Crippen molar-refractivity contribution in [3.8, 4) is 0 Å². The van der Waals surface area contributed by atoms with E-state index in [1.54, 1.807) is 29.8 Å². The van der Waals surface area contributed by atoms with E-state index in [0.717, 1.165) is 18.5 Å². The predicted octanol–water partition coefficient (Wildman–Crippen LogP) is 2.35. The summed E-state index contributed by atoms with van der Waals surface area (Å²) in [6.07, 6.45) is 3.36. The molecule has 98 valence electrons. The summed E-state index contributed by atoms with van der Waals surface area (Å²) in [4.78, 5) is 4.29. The van der Waals surface area contributed by atoms with E-state index in [2.05, 4.69) is 15.4 Å². The third kappa shape index (κ3) is 3.11. The van der Waals surface area contributed by atoms with E-state index >= 15 is 0 Å². The predicted molar refractivity (Wildman–Crippen MR) is 72.0 cm³/mol. The zero-order valence-electron chi connectivity index (χ0n) is 10.5. The van der Waals surface area contributed by atoms with E-state index < -0.39 is 5.60 Å². The van der Waals surface area contributed by atoms with E-state index in [0.29, 0.717) is 17.5 Å². The molecule has 0 bridgehead atoms. The third-order valence-electron chi connectivity index (χ3n) is 2.71. The molecule has 0 saturated carbocycles. The van der Waals surface area contributed by atoms with Crippen molar-refractivity contribution in [1.82, 2.24) is 14.6 Å².